The van der Waals surface area contributed by atoms with Gasteiger partial charge in [-0.15, -0.1) is 11.3 Å². The largest absolute Gasteiger partial charge is 0.309 e. The Kier molecular flexibility index (Phi) is 4.87. The summed E-state index contributed by atoms with van der Waals surface area (Å²) in [6.45, 7) is 0. The highest BCUT2D eigenvalue weighted by molar-refractivity contribution is 7.25. The van der Waals surface area contributed by atoms with Gasteiger partial charge in [-0.25, -0.2) is 0 Å². The normalized spacial score (nSPS) is 11.7. The number of nitrogens with zero attached hydrogens (tertiary/aromatic N) is 4. The maximum absolute atomic E-state index is 9.75. The third-order valence-corrected chi connectivity index (χ3v) is 9.67. The lowest BCUT2D eigenvalue weighted by Crippen LogP contribution is -1.98. The Morgan fingerprint density at radius 2 is 1.00 bits per heavy atom. The maximum Gasteiger partial charge on any atom is 0.0991 e. The summed E-state index contributed by atoms with van der Waals surface area (Å²) in [5.74, 6) is 0. The Balaban J connectivity index is 1.36. The summed E-state index contributed by atoms with van der Waals surface area (Å²) >= 11 is 1.81. The zero-order valence-corrected chi connectivity index (χ0v) is 23.6. The summed E-state index contributed by atoms with van der Waals surface area (Å²) in [5.41, 5.74) is 7.72. The van der Waals surface area contributed by atoms with Crippen LogP contribution >= 0.6 is 11.3 Å². The van der Waals surface area contributed by atoms with Gasteiger partial charge in [0.2, 0.25) is 0 Å². The van der Waals surface area contributed by atoms with E-state index in [9.17, 15) is 10.5 Å². The minimum absolute atomic E-state index is 0.651. The van der Waals surface area contributed by atoms with Crippen LogP contribution in [0.3, 0.4) is 0 Å². The van der Waals surface area contributed by atoms with E-state index in [-0.39, 0.29) is 0 Å². The van der Waals surface area contributed by atoms with Crippen molar-refractivity contribution in [2.45, 2.75) is 0 Å². The van der Waals surface area contributed by atoms with E-state index in [2.05, 4.69) is 106 Å². The molecule has 0 aliphatic rings. The van der Waals surface area contributed by atoms with E-state index in [4.69, 9.17) is 0 Å². The molecular formula is C38H20N4S. The number of hydrogen-bond acceptors (Lipinski definition) is 3. The highest BCUT2D eigenvalue weighted by Crippen LogP contribution is 2.41. The second-order valence-electron chi connectivity index (χ2n) is 10.9. The van der Waals surface area contributed by atoms with Crippen molar-refractivity contribution in [3.05, 3.63) is 132 Å². The Morgan fingerprint density at radius 3 is 1.72 bits per heavy atom. The first-order valence-corrected chi connectivity index (χ1v) is 14.9. The highest BCUT2D eigenvalue weighted by Gasteiger charge is 2.18. The maximum atomic E-state index is 9.75. The lowest BCUT2D eigenvalue weighted by atomic mass is 10.1. The van der Waals surface area contributed by atoms with E-state index in [1.165, 1.54) is 20.2 Å². The monoisotopic (exact) mass is 564 g/mol. The zero-order valence-electron chi connectivity index (χ0n) is 22.7. The number of hydrogen-bond donors (Lipinski definition) is 0. The van der Waals surface area contributed by atoms with Crippen LogP contribution in [0.1, 0.15) is 11.1 Å². The molecule has 198 valence electrons. The predicted molar refractivity (Wildman–Crippen MR) is 177 cm³/mol. The van der Waals surface area contributed by atoms with Crippen LogP contribution in [0.4, 0.5) is 0 Å². The molecule has 0 bridgehead atoms. The van der Waals surface area contributed by atoms with Crippen molar-refractivity contribution >= 4 is 75.1 Å². The van der Waals surface area contributed by atoms with Crippen LogP contribution in [0.25, 0.3) is 75.2 Å². The fraction of sp³-hybridized carbons (Fsp3) is 0. The highest BCUT2D eigenvalue weighted by atomic mass is 32.1. The molecule has 0 spiro atoms. The standard InChI is InChI=1S/C38H20N4S/c39-21-23-12-14-34-29(16-23)27-8-1-3-10-33(27)41(34)25-6-5-7-26(18-25)42-35-15-13-24(22-40)17-30(35)31-19-32-28-9-2-4-11-37(28)43-38(32)20-36(31)42/h1-20H. The molecule has 0 N–H and O–H groups in total. The van der Waals surface area contributed by atoms with Crippen molar-refractivity contribution in [2.75, 3.05) is 0 Å². The van der Waals surface area contributed by atoms with Crippen LogP contribution in [0.2, 0.25) is 0 Å². The zero-order chi connectivity index (χ0) is 28.7. The van der Waals surface area contributed by atoms with Crippen LogP contribution in [-0.4, -0.2) is 9.13 Å². The molecule has 0 unspecified atom stereocenters. The first kappa shape index (κ1) is 23.8. The molecule has 9 aromatic rings. The number of rotatable bonds is 2. The first-order valence-electron chi connectivity index (χ1n) is 14.1. The summed E-state index contributed by atoms with van der Waals surface area (Å²) in [6, 6.07) is 46.7. The Morgan fingerprint density at radius 1 is 0.419 bits per heavy atom. The molecule has 0 saturated carbocycles. The SMILES string of the molecule is N#Cc1ccc2c(c1)c1ccccc1n2-c1cccc(-n2c3ccc(C#N)cc3c3cc4c(cc32)sc2ccccc24)c1. The molecule has 9 rings (SSSR count). The van der Waals surface area contributed by atoms with Crippen molar-refractivity contribution in [3.63, 3.8) is 0 Å². The van der Waals surface area contributed by atoms with E-state index in [1.54, 1.807) is 0 Å². The summed E-state index contributed by atoms with van der Waals surface area (Å²) in [4.78, 5) is 0. The van der Waals surface area contributed by atoms with Crippen LogP contribution in [0, 0.1) is 22.7 Å². The third-order valence-electron chi connectivity index (χ3n) is 8.54. The summed E-state index contributed by atoms with van der Waals surface area (Å²) < 4.78 is 7.11. The van der Waals surface area contributed by atoms with Crippen molar-refractivity contribution in [1.29, 1.82) is 10.5 Å². The van der Waals surface area contributed by atoms with Gasteiger partial charge in [-0.3, -0.25) is 0 Å². The molecule has 0 amide bonds. The van der Waals surface area contributed by atoms with Gasteiger partial charge in [-0.2, -0.15) is 10.5 Å². The fourth-order valence-electron chi connectivity index (χ4n) is 6.68. The van der Waals surface area contributed by atoms with Crippen LogP contribution in [0.15, 0.2) is 121 Å². The van der Waals surface area contributed by atoms with Crippen molar-refractivity contribution < 1.29 is 0 Å². The topological polar surface area (TPSA) is 57.4 Å². The molecule has 5 heteroatoms. The molecule has 0 atom stereocenters. The van der Waals surface area contributed by atoms with Crippen LogP contribution in [0.5, 0.6) is 0 Å². The van der Waals surface area contributed by atoms with Gasteiger partial charge in [0.05, 0.1) is 45.3 Å². The van der Waals surface area contributed by atoms with Gasteiger partial charge in [0.25, 0.3) is 0 Å². The molecule has 3 aromatic heterocycles. The minimum Gasteiger partial charge on any atom is -0.309 e. The van der Waals surface area contributed by atoms with Crippen molar-refractivity contribution in [2.24, 2.45) is 0 Å². The third kappa shape index (κ3) is 3.35. The van der Waals surface area contributed by atoms with Gasteiger partial charge in [-0.05, 0) is 78.9 Å². The van der Waals surface area contributed by atoms with Gasteiger partial charge < -0.3 is 9.13 Å². The molecule has 0 aliphatic carbocycles. The van der Waals surface area contributed by atoms with Gasteiger partial charge in [0.15, 0.2) is 0 Å². The summed E-state index contributed by atoms with van der Waals surface area (Å²) in [7, 11) is 0. The Bertz CT molecular complexity index is 2710. The van der Waals surface area contributed by atoms with Crippen molar-refractivity contribution in [1.82, 2.24) is 9.13 Å². The Hall–Kier alpha value is -5.88. The van der Waals surface area contributed by atoms with Crippen LogP contribution < -0.4 is 0 Å². The Labute approximate surface area is 250 Å². The molecule has 43 heavy (non-hydrogen) atoms. The summed E-state index contributed by atoms with van der Waals surface area (Å²) in [6.07, 6.45) is 0. The average molecular weight is 565 g/mol. The van der Waals surface area contributed by atoms with Gasteiger partial charge in [0, 0.05) is 53.1 Å². The van der Waals surface area contributed by atoms with Crippen molar-refractivity contribution in [3.8, 4) is 23.5 Å². The molecule has 4 nitrogen and oxygen atoms in total. The molecule has 6 aromatic carbocycles. The molecule has 0 radical (unpaired) electrons. The van der Waals surface area contributed by atoms with E-state index in [1.807, 2.05) is 47.7 Å². The predicted octanol–water partition coefficient (Wildman–Crippen LogP) is 9.99. The number of para-hydroxylation sites is 1. The number of aromatic nitrogens is 2. The fourth-order valence-corrected chi connectivity index (χ4v) is 7.80. The summed E-state index contributed by atoms with van der Waals surface area (Å²) in [5, 5.41) is 26.2. The smallest absolute Gasteiger partial charge is 0.0991 e. The van der Waals surface area contributed by atoms with Gasteiger partial charge in [0.1, 0.15) is 0 Å². The molecular weight excluding hydrogens is 545 g/mol. The average Bonchev–Trinajstić information content (AvgIpc) is 3.70. The number of thiophene rings is 1. The number of benzene rings is 6. The van der Waals surface area contributed by atoms with Crippen LogP contribution in [-0.2, 0) is 0 Å². The second-order valence-corrected chi connectivity index (χ2v) is 11.9. The lowest BCUT2D eigenvalue weighted by Gasteiger charge is -2.13. The second kappa shape index (κ2) is 8.81. The van der Waals surface area contributed by atoms with Gasteiger partial charge in [-0.1, -0.05) is 42.5 Å². The van der Waals surface area contributed by atoms with E-state index >= 15 is 0 Å². The molecule has 0 aliphatic heterocycles. The van der Waals surface area contributed by atoms with E-state index in [0.29, 0.717) is 11.1 Å². The molecule has 0 fully saturated rings. The van der Waals surface area contributed by atoms with Gasteiger partial charge >= 0.3 is 0 Å². The quantitative estimate of drug-likeness (QED) is 0.210. The lowest BCUT2D eigenvalue weighted by molar-refractivity contribution is 1.13. The molecule has 3 heterocycles. The first-order chi connectivity index (χ1) is 21.2. The minimum atomic E-state index is 0.651. The molecule has 0 saturated heterocycles. The van der Waals surface area contributed by atoms with E-state index in [0.717, 1.165) is 55.0 Å². The number of nitriles is 2. The van der Waals surface area contributed by atoms with E-state index < -0.39 is 0 Å². The number of fused-ring (bicyclic) bond motifs is 9.